The maximum absolute atomic E-state index is 12.5. The van der Waals surface area contributed by atoms with Gasteiger partial charge in [0, 0.05) is 34.8 Å². The van der Waals surface area contributed by atoms with Crippen molar-refractivity contribution in [3.05, 3.63) is 78.1 Å². The molecule has 138 valence electrons. The zero-order chi connectivity index (χ0) is 19.1. The van der Waals surface area contributed by atoms with Crippen LogP contribution in [0.1, 0.15) is 15.9 Å². The lowest BCUT2D eigenvalue weighted by Crippen LogP contribution is -2.13. The van der Waals surface area contributed by atoms with Crippen LogP contribution >= 0.6 is 11.8 Å². The molecular weight excluding hydrogens is 360 g/mol. The van der Waals surface area contributed by atoms with Crippen molar-refractivity contribution in [1.29, 1.82) is 0 Å². The SMILES string of the molecule is COc1ccc(C(=O)Nc2ccc(SCc3cccnc3)cc2)c(OC)c1. The molecule has 0 bridgehead atoms. The van der Waals surface area contributed by atoms with E-state index in [0.717, 1.165) is 16.3 Å². The number of methoxy groups -OCH3 is 2. The fourth-order valence-corrected chi connectivity index (χ4v) is 3.30. The number of benzene rings is 2. The monoisotopic (exact) mass is 380 g/mol. The Morgan fingerprint density at radius 2 is 1.89 bits per heavy atom. The Morgan fingerprint density at radius 3 is 2.56 bits per heavy atom. The summed E-state index contributed by atoms with van der Waals surface area (Å²) in [6.45, 7) is 0. The molecule has 1 heterocycles. The number of pyridine rings is 1. The first-order valence-electron chi connectivity index (χ1n) is 8.35. The van der Waals surface area contributed by atoms with Crippen LogP contribution in [0.2, 0.25) is 0 Å². The molecular formula is C21H20N2O3S. The third-order valence-corrected chi connectivity index (χ3v) is 4.98. The maximum atomic E-state index is 12.5. The molecule has 3 aromatic rings. The van der Waals surface area contributed by atoms with E-state index in [1.165, 1.54) is 12.7 Å². The van der Waals surface area contributed by atoms with E-state index in [1.54, 1.807) is 43.3 Å². The molecule has 0 atom stereocenters. The first-order valence-corrected chi connectivity index (χ1v) is 9.33. The van der Waals surface area contributed by atoms with Crippen molar-refractivity contribution >= 4 is 23.4 Å². The van der Waals surface area contributed by atoms with Crippen molar-refractivity contribution in [2.24, 2.45) is 0 Å². The minimum absolute atomic E-state index is 0.231. The molecule has 1 N–H and O–H groups in total. The number of aromatic nitrogens is 1. The highest BCUT2D eigenvalue weighted by molar-refractivity contribution is 7.98. The maximum Gasteiger partial charge on any atom is 0.259 e. The van der Waals surface area contributed by atoms with E-state index >= 15 is 0 Å². The highest BCUT2D eigenvalue weighted by Crippen LogP contribution is 2.27. The van der Waals surface area contributed by atoms with E-state index in [4.69, 9.17) is 9.47 Å². The normalized spacial score (nSPS) is 10.3. The van der Waals surface area contributed by atoms with Crippen molar-refractivity contribution in [2.75, 3.05) is 19.5 Å². The van der Waals surface area contributed by atoms with Gasteiger partial charge in [-0.3, -0.25) is 9.78 Å². The summed E-state index contributed by atoms with van der Waals surface area (Å²) in [7, 11) is 3.10. The molecule has 0 saturated carbocycles. The molecule has 0 radical (unpaired) electrons. The van der Waals surface area contributed by atoms with E-state index < -0.39 is 0 Å². The number of amides is 1. The zero-order valence-electron chi connectivity index (χ0n) is 15.1. The Labute approximate surface area is 162 Å². The van der Waals surface area contributed by atoms with E-state index in [1.807, 2.05) is 36.5 Å². The van der Waals surface area contributed by atoms with Crippen LogP contribution < -0.4 is 14.8 Å². The lowest BCUT2D eigenvalue weighted by Gasteiger charge is -2.11. The number of ether oxygens (including phenoxy) is 2. The Bertz CT molecular complexity index is 899. The number of carbonyl (C=O) groups is 1. The smallest absolute Gasteiger partial charge is 0.259 e. The first kappa shape index (κ1) is 18.8. The van der Waals surface area contributed by atoms with Crippen molar-refractivity contribution in [3.8, 4) is 11.5 Å². The fourth-order valence-electron chi connectivity index (χ4n) is 2.47. The second-order valence-corrected chi connectivity index (χ2v) is 6.74. The molecule has 1 aromatic heterocycles. The predicted octanol–water partition coefficient (Wildman–Crippen LogP) is 4.64. The molecule has 0 fully saturated rings. The Hall–Kier alpha value is -2.99. The minimum Gasteiger partial charge on any atom is -0.497 e. The third-order valence-electron chi connectivity index (χ3n) is 3.89. The Balaban J connectivity index is 1.63. The van der Waals surface area contributed by atoms with Crippen LogP contribution in [0.4, 0.5) is 5.69 Å². The van der Waals surface area contributed by atoms with Gasteiger partial charge in [-0.2, -0.15) is 0 Å². The summed E-state index contributed by atoms with van der Waals surface area (Å²) in [5.74, 6) is 1.72. The summed E-state index contributed by atoms with van der Waals surface area (Å²) in [6.07, 6.45) is 3.63. The van der Waals surface area contributed by atoms with Gasteiger partial charge in [-0.1, -0.05) is 6.07 Å². The lowest BCUT2D eigenvalue weighted by atomic mass is 10.1. The lowest BCUT2D eigenvalue weighted by molar-refractivity contribution is 0.102. The number of carbonyl (C=O) groups excluding carboxylic acids is 1. The topological polar surface area (TPSA) is 60.5 Å². The second-order valence-electron chi connectivity index (χ2n) is 5.69. The van der Waals surface area contributed by atoms with Crippen molar-refractivity contribution < 1.29 is 14.3 Å². The van der Waals surface area contributed by atoms with Gasteiger partial charge in [0.2, 0.25) is 0 Å². The van der Waals surface area contributed by atoms with Gasteiger partial charge in [-0.25, -0.2) is 0 Å². The molecule has 27 heavy (non-hydrogen) atoms. The Morgan fingerprint density at radius 1 is 1.07 bits per heavy atom. The molecule has 0 aliphatic rings. The van der Waals surface area contributed by atoms with Crippen LogP contribution in [0.25, 0.3) is 0 Å². The zero-order valence-corrected chi connectivity index (χ0v) is 16.0. The van der Waals surface area contributed by atoms with Crippen molar-refractivity contribution in [2.45, 2.75) is 10.6 Å². The molecule has 6 heteroatoms. The first-order chi connectivity index (χ1) is 13.2. The van der Waals surface area contributed by atoms with Crippen LogP contribution in [-0.2, 0) is 5.75 Å². The van der Waals surface area contributed by atoms with Crippen LogP contribution in [-0.4, -0.2) is 25.1 Å². The number of hydrogen-bond acceptors (Lipinski definition) is 5. The molecule has 0 spiro atoms. The molecule has 3 rings (SSSR count). The highest BCUT2D eigenvalue weighted by Gasteiger charge is 2.13. The van der Waals surface area contributed by atoms with Crippen LogP contribution in [0.5, 0.6) is 11.5 Å². The van der Waals surface area contributed by atoms with Gasteiger partial charge in [0.1, 0.15) is 11.5 Å². The number of anilines is 1. The quantitative estimate of drug-likeness (QED) is 0.605. The summed E-state index contributed by atoms with van der Waals surface area (Å²) < 4.78 is 10.5. The number of hydrogen-bond donors (Lipinski definition) is 1. The summed E-state index contributed by atoms with van der Waals surface area (Å²) in [5.41, 5.74) is 2.35. The van der Waals surface area contributed by atoms with Gasteiger partial charge >= 0.3 is 0 Å². The van der Waals surface area contributed by atoms with Gasteiger partial charge in [0.15, 0.2) is 0 Å². The molecule has 2 aromatic carbocycles. The van der Waals surface area contributed by atoms with Crippen LogP contribution in [0.15, 0.2) is 71.9 Å². The minimum atomic E-state index is -0.231. The van der Waals surface area contributed by atoms with E-state index in [0.29, 0.717) is 17.1 Å². The average Bonchev–Trinajstić information content (AvgIpc) is 2.73. The van der Waals surface area contributed by atoms with Gasteiger partial charge in [0.05, 0.1) is 19.8 Å². The van der Waals surface area contributed by atoms with E-state index in [9.17, 15) is 4.79 Å². The molecule has 5 nitrogen and oxygen atoms in total. The average molecular weight is 380 g/mol. The number of nitrogens with one attached hydrogen (secondary N) is 1. The fraction of sp³-hybridized carbons (Fsp3) is 0.143. The molecule has 1 amide bonds. The van der Waals surface area contributed by atoms with Gasteiger partial charge in [0.25, 0.3) is 5.91 Å². The molecule has 0 aliphatic carbocycles. The largest absolute Gasteiger partial charge is 0.497 e. The van der Waals surface area contributed by atoms with Crippen molar-refractivity contribution in [3.63, 3.8) is 0 Å². The molecule has 0 saturated heterocycles. The predicted molar refractivity (Wildman–Crippen MR) is 108 cm³/mol. The number of nitrogens with zero attached hydrogens (tertiary/aromatic N) is 1. The van der Waals surface area contributed by atoms with Crippen molar-refractivity contribution in [1.82, 2.24) is 4.98 Å². The third kappa shape index (κ3) is 5.01. The highest BCUT2D eigenvalue weighted by atomic mass is 32.2. The standard InChI is InChI=1S/C21H20N2O3S/c1-25-17-7-10-19(20(12-17)26-2)21(24)23-16-5-8-18(9-6-16)27-14-15-4-3-11-22-13-15/h3-13H,14H2,1-2H3,(H,23,24). The van der Waals surface area contributed by atoms with E-state index in [-0.39, 0.29) is 5.91 Å². The van der Waals surface area contributed by atoms with Crippen LogP contribution in [0, 0.1) is 0 Å². The molecule has 0 unspecified atom stereocenters. The Kier molecular flexibility index (Phi) is 6.33. The van der Waals surface area contributed by atoms with Gasteiger partial charge < -0.3 is 14.8 Å². The summed E-state index contributed by atoms with van der Waals surface area (Å²) >= 11 is 1.72. The number of thioether (sulfide) groups is 1. The van der Waals surface area contributed by atoms with Crippen LogP contribution in [0.3, 0.4) is 0 Å². The van der Waals surface area contributed by atoms with E-state index in [2.05, 4.69) is 16.4 Å². The molecule has 0 aliphatic heterocycles. The second kappa shape index (κ2) is 9.09. The summed E-state index contributed by atoms with van der Waals surface area (Å²) in [4.78, 5) is 17.8. The number of rotatable bonds is 7. The van der Waals surface area contributed by atoms with Gasteiger partial charge in [-0.15, -0.1) is 11.8 Å². The van der Waals surface area contributed by atoms with Gasteiger partial charge in [-0.05, 0) is 48.0 Å². The summed E-state index contributed by atoms with van der Waals surface area (Å²) in [6, 6.07) is 16.8. The summed E-state index contributed by atoms with van der Waals surface area (Å²) in [5, 5.41) is 2.89.